The lowest BCUT2D eigenvalue weighted by atomic mass is 9.61. The molecule has 0 amide bonds. The summed E-state index contributed by atoms with van der Waals surface area (Å²) >= 11 is 0. The van der Waals surface area contributed by atoms with Crippen LogP contribution in [0.1, 0.15) is 47.5 Å². The number of rotatable bonds is 8. The van der Waals surface area contributed by atoms with E-state index in [0.717, 1.165) is 19.6 Å². The molecule has 0 aromatic heterocycles. The third-order valence-electron chi connectivity index (χ3n) is 4.89. The van der Waals surface area contributed by atoms with Crippen LogP contribution in [0.25, 0.3) is 0 Å². The molecule has 1 rings (SSSR count). The van der Waals surface area contributed by atoms with E-state index in [1.807, 2.05) is 0 Å². The fourth-order valence-electron chi connectivity index (χ4n) is 3.12. The van der Waals surface area contributed by atoms with Crippen LogP contribution >= 0.6 is 0 Å². The van der Waals surface area contributed by atoms with Crippen LogP contribution in [0, 0.1) is 11.3 Å². The largest absolute Gasteiger partial charge is 0.378 e. The van der Waals surface area contributed by atoms with E-state index in [1.54, 1.807) is 0 Å². The maximum atomic E-state index is 5.89. The monoisotopic (exact) mass is 270 g/mol. The van der Waals surface area contributed by atoms with Gasteiger partial charge < -0.3 is 15.0 Å². The smallest absolute Gasteiger partial charge is 0.0658 e. The van der Waals surface area contributed by atoms with Gasteiger partial charge in [0.2, 0.25) is 0 Å². The highest BCUT2D eigenvalue weighted by molar-refractivity contribution is 5.05. The first kappa shape index (κ1) is 16.9. The van der Waals surface area contributed by atoms with E-state index in [2.05, 4.69) is 58.9 Å². The van der Waals surface area contributed by atoms with Crippen LogP contribution in [0.2, 0.25) is 0 Å². The minimum Gasteiger partial charge on any atom is -0.378 e. The summed E-state index contributed by atoms with van der Waals surface area (Å²) in [4.78, 5) is 2.28. The van der Waals surface area contributed by atoms with Crippen LogP contribution < -0.4 is 5.32 Å². The molecular formula is C16H34N2O. The summed E-state index contributed by atoms with van der Waals surface area (Å²) in [5.41, 5.74) is 0.301. The maximum Gasteiger partial charge on any atom is 0.0658 e. The van der Waals surface area contributed by atoms with Gasteiger partial charge in [-0.2, -0.15) is 0 Å². The highest BCUT2D eigenvalue weighted by Crippen LogP contribution is 2.46. The second-order valence-corrected chi connectivity index (χ2v) is 6.87. The Balaban J connectivity index is 2.60. The summed E-state index contributed by atoms with van der Waals surface area (Å²) in [6.07, 6.45) is 2.78. The molecule has 0 aromatic rings. The van der Waals surface area contributed by atoms with E-state index in [-0.39, 0.29) is 0 Å². The highest BCUT2D eigenvalue weighted by Gasteiger charge is 2.51. The summed E-state index contributed by atoms with van der Waals surface area (Å²) in [5.74, 6) is 0.662. The molecule has 3 heteroatoms. The quantitative estimate of drug-likeness (QED) is 0.734. The summed E-state index contributed by atoms with van der Waals surface area (Å²) in [7, 11) is 4.31. The minimum absolute atomic E-state index is 0.301. The fourth-order valence-corrected chi connectivity index (χ4v) is 3.12. The Bertz CT molecular complexity index is 267. The molecule has 114 valence electrons. The molecule has 1 N–H and O–H groups in total. The molecule has 1 aliphatic carbocycles. The molecule has 4 atom stereocenters. The van der Waals surface area contributed by atoms with Crippen LogP contribution in [-0.2, 0) is 4.74 Å². The zero-order valence-corrected chi connectivity index (χ0v) is 14.0. The van der Waals surface area contributed by atoms with Crippen molar-refractivity contribution in [3.63, 3.8) is 0 Å². The van der Waals surface area contributed by atoms with Gasteiger partial charge in [-0.25, -0.2) is 0 Å². The third kappa shape index (κ3) is 3.93. The number of likely N-dealkylation sites (N-methyl/N-ethyl adjacent to an activating group) is 1. The van der Waals surface area contributed by atoms with E-state index in [4.69, 9.17) is 4.74 Å². The first-order chi connectivity index (χ1) is 8.85. The molecule has 0 heterocycles. The molecule has 19 heavy (non-hydrogen) atoms. The second kappa shape index (κ2) is 7.05. The topological polar surface area (TPSA) is 24.5 Å². The average molecular weight is 270 g/mol. The number of hydrogen-bond donors (Lipinski definition) is 1. The van der Waals surface area contributed by atoms with Gasteiger partial charge in [-0.3, -0.25) is 0 Å². The van der Waals surface area contributed by atoms with Crippen LogP contribution in [0.4, 0.5) is 0 Å². The molecule has 0 saturated heterocycles. The molecule has 0 aliphatic heterocycles. The van der Waals surface area contributed by atoms with Crippen LogP contribution in [0.15, 0.2) is 0 Å². The van der Waals surface area contributed by atoms with E-state index in [0.29, 0.717) is 29.5 Å². The van der Waals surface area contributed by atoms with E-state index in [1.165, 1.54) is 6.42 Å². The SMILES string of the molecule is CCOC1CC(NC(CN(C)C)C(C)C)C1(C)CC. The van der Waals surface area contributed by atoms with Gasteiger partial charge in [-0.05, 0) is 39.8 Å². The molecule has 0 radical (unpaired) electrons. The molecule has 0 spiro atoms. The molecular weight excluding hydrogens is 236 g/mol. The zero-order valence-electron chi connectivity index (χ0n) is 14.0. The number of hydrogen-bond acceptors (Lipinski definition) is 3. The van der Waals surface area contributed by atoms with Gasteiger partial charge in [0.1, 0.15) is 0 Å². The van der Waals surface area contributed by atoms with Crippen molar-refractivity contribution in [1.82, 2.24) is 10.2 Å². The number of nitrogens with zero attached hydrogens (tertiary/aromatic N) is 1. The summed E-state index contributed by atoms with van der Waals surface area (Å²) < 4.78 is 5.89. The van der Waals surface area contributed by atoms with Gasteiger partial charge in [0.15, 0.2) is 0 Å². The van der Waals surface area contributed by atoms with Crippen molar-refractivity contribution in [2.75, 3.05) is 27.2 Å². The van der Waals surface area contributed by atoms with Crippen molar-refractivity contribution in [2.24, 2.45) is 11.3 Å². The average Bonchev–Trinajstić information content (AvgIpc) is 2.34. The molecule has 1 aliphatic rings. The second-order valence-electron chi connectivity index (χ2n) is 6.87. The minimum atomic E-state index is 0.301. The standard InChI is InChI=1S/C16H34N2O/c1-8-16(5)14(10-15(16)19-9-2)17-13(12(3)4)11-18(6)7/h12-15,17H,8-11H2,1-7H3. The first-order valence-electron chi connectivity index (χ1n) is 7.87. The van der Waals surface area contributed by atoms with Gasteiger partial charge in [-0.1, -0.05) is 27.7 Å². The van der Waals surface area contributed by atoms with Crippen molar-refractivity contribution in [1.29, 1.82) is 0 Å². The molecule has 1 fully saturated rings. The molecule has 4 unspecified atom stereocenters. The van der Waals surface area contributed by atoms with Crippen LogP contribution in [0.5, 0.6) is 0 Å². The fraction of sp³-hybridized carbons (Fsp3) is 1.00. The van der Waals surface area contributed by atoms with Gasteiger partial charge >= 0.3 is 0 Å². The zero-order chi connectivity index (χ0) is 14.6. The van der Waals surface area contributed by atoms with E-state index in [9.17, 15) is 0 Å². The molecule has 1 saturated carbocycles. The van der Waals surface area contributed by atoms with Gasteiger partial charge in [-0.15, -0.1) is 0 Å². The van der Waals surface area contributed by atoms with E-state index >= 15 is 0 Å². The first-order valence-corrected chi connectivity index (χ1v) is 7.87. The Hall–Kier alpha value is -0.120. The Labute approximate surface area is 120 Å². The van der Waals surface area contributed by atoms with Crippen molar-refractivity contribution < 1.29 is 4.74 Å². The third-order valence-corrected chi connectivity index (χ3v) is 4.89. The lowest BCUT2D eigenvalue weighted by Crippen LogP contribution is -2.65. The highest BCUT2D eigenvalue weighted by atomic mass is 16.5. The summed E-state index contributed by atoms with van der Waals surface area (Å²) in [6.45, 7) is 13.3. The van der Waals surface area contributed by atoms with E-state index < -0.39 is 0 Å². The van der Waals surface area contributed by atoms with Crippen molar-refractivity contribution >= 4 is 0 Å². The van der Waals surface area contributed by atoms with Crippen LogP contribution in [0.3, 0.4) is 0 Å². The predicted molar refractivity (Wildman–Crippen MR) is 82.5 cm³/mol. The molecule has 0 aromatic carbocycles. The van der Waals surface area contributed by atoms with Gasteiger partial charge in [0.25, 0.3) is 0 Å². The maximum absolute atomic E-state index is 5.89. The Morgan fingerprint density at radius 2 is 1.95 bits per heavy atom. The Kier molecular flexibility index (Phi) is 6.28. The predicted octanol–water partition coefficient (Wildman–Crippen LogP) is 2.76. The lowest BCUT2D eigenvalue weighted by molar-refractivity contribution is -0.129. The molecule has 3 nitrogen and oxygen atoms in total. The number of nitrogens with one attached hydrogen (secondary N) is 1. The van der Waals surface area contributed by atoms with Gasteiger partial charge in [0, 0.05) is 30.7 Å². The normalized spacial score (nSPS) is 32.7. The lowest BCUT2D eigenvalue weighted by Gasteiger charge is -2.55. The van der Waals surface area contributed by atoms with Crippen molar-refractivity contribution in [3.8, 4) is 0 Å². The molecule has 0 bridgehead atoms. The van der Waals surface area contributed by atoms with Crippen molar-refractivity contribution in [3.05, 3.63) is 0 Å². The van der Waals surface area contributed by atoms with Gasteiger partial charge in [0.05, 0.1) is 6.10 Å². The van der Waals surface area contributed by atoms with Crippen molar-refractivity contribution in [2.45, 2.75) is 65.6 Å². The number of ether oxygens (including phenoxy) is 1. The summed E-state index contributed by atoms with van der Waals surface area (Å²) in [5, 5.41) is 3.89. The van der Waals surface area contributed by atoms with Crippen LogP contribution in [-0.4, -0.2) is 50.3 Å². The summed E-state index contributed by atoms with van der Waals surface area (Å²) in [6, 6.07) is 1.16. The Morgan fingerprint density at radius 1 is 1.32 bits per heavy atom. The Morgan fingerprint density at radius 3 is 2.37 bits per heavy atom.